The van der Waals surface area contributed by atoms with Gasteiger partial charge in [0.25, 0.3) is 0 Å². The van der Waals surface area contributed by atoms with E-state index in [0.29, 0.717) is 12.2 Å². The number of hydrogen-bond donors (Lipinski definition) is 1. The van der Waals surface area contributed by atoms with Crippen LogP contribution in [-0.2, 0) is 4.79 Å². The number of nitriles is 1. The Balaban J connectivity index is 2.72. The summed E-state index contributed by atoms with van der Waals surface area (Å²) in [6.07, 6.45) is 2.66. The molecule has 80 valence electrons. The maximum Gasteiger partial charge on any atom is 0.242 e. The first-order valence-corrected chi connectivity index (χ1v) is 5.05. The maximum atomic E-state index is 11.6. The predicted molar refractivity (Wildman–Crippen MR) is 57.2 cm³/mol. The SMILES string of the molecule is CCCNC(=O)C(C)n1cccc1C#N. The fourth-order valence-corrected chi connectivity index (χ4v) is 1.35. The monoisotopic (exact) mass is 205 g/mol. The van der Waals surface area contributed by atoms with Crippen LogP contribution in [0.25, 0.3) is 0 Å². The van der Waals surface area contributed by atoms with Crippen LogP contribution in [0.15, 0.2) is 18.3 Å². The molecule has 1 amide bonds. The third-order valence-corrected chi connectivity index (χ3v) is 2.24. The van der Waals surface area contributed by atoms with Crippen molar-refractivity contribution in [2.75, 3.05) is 6.54 Å². The van der Waals surface area contributed by atoms with Crippen LogP contribution in [0.5, 0.6) is 0 Å². The molecule has 0 aromatic carbocycles. The van der Waals surface area contributed by atoms with Gasteiger partial charge >= 0.3 is 0 Å². The largest absolute Gasteiger partial charge is 0.354 e. The van der Waals surface area contributed by atoms with E-state index >= 15 is 0 Å². The van der Waals surface area contributed by atoms with Gasteiger partial charge in [-0.05, 0) is 25.5 Å². The Labute approximate surface area is 89.5 Å². The number of carbonyl (C=O) groups excluding carboxylic acids is 1. The molecule has 0 spiro atoms. The van der Waals surface area contributed by atoms with E-state index in [0.717, 1.165) is 6.42 Å². The summed E-state index contributed by atoms with van der Waals surface area (Å²) in [4.78, 5) is 11.6. The molecule has 0 radical (unpaired) electrons. The van der Waals surface area contributed by atoms with Crippen molar-refractivity contribution in [2.24, 2.45) is 0 Å². The minimum absolute atomic E-state index is 0.0513. The smallest absolute Gasteiger partial charge is 0.242 e. The van der Waals surface area contributed by atoms with Gasteiger partial charge in [0.05, 0.1) is 0 Å². The summed E-state index contributed by atoms with van der Waals surface area (Å²) < 4.78 is 1.67. The number of hydrogen-bond acceptors (Lipinski definition) is 2. The van der Waals surface area contributed by atoms with Crippen molar-refractivity contribution in [1.82, 2.24) is 9.88 Å². The third kappa shape index (κ3) is 2.59. The van der Waals surface area contributed by atoms with Crippen molar-refractivity contribution in [3.63, 3.8) is 0 Å². The number of nitrogens with one attached hydrogen (secondary N) is 1. The quantitative estimate of drug-likeness (QED) is 0.808. The lowest BCUT2D eigenvalue weighted by molar-refractivity contribution is -0.123. The van der Waals surface area contributed by atoms with E-state index in [4.69, 9.17) is 5.26 Å². The van der Waals surface area contributed by atoms with Crippen LogP contribution in [0.1, 0.15) is 32.0 Å². The third-order valence-electron chi connectivity index (χ3n) is 2.24. The molecule has 1 rings (SSSR count). The molecule has 0 aliphatic heterocycles. The molecule has 1 heterocycles. The minimum Gasteiger partial charge on any atom is -0.354 e. The van der Waals surface area contributed by atoms with Gasteiger partial charge in [-0.2, -0.15) is 5.26 Å². The van der Waals surface area contributed by atoms with Crippen molar-refractivity contribution in [3.05, 3.63) is 24.0 Å². The first-order valence-electron chi connectivity index (χ1n) is 5.05. The fraction of sp³-hybridized carbons (Fsp3) is 0.455. The lowest BCUT2D eigenvalue weighted by atomic mass is 10.3. The van der Waals surface area contributed by atoms with Gasteiger partial charge in [-0.15, -0.1) is 0 Å². The van der Waals surface area contributed by atoms with Gasteiger partial charge in [0.1, 0.15) is 17.8 Å². The molecular weight excluding hydrogens is 190 g/mol. The first kappa shape index (κ1) is 11.3. The number of nitrogens with zero attached hydrogens (tertiary/aromatic N) is 2. The van der Waals surface area contributed by atoms with E-state index in [2.05, 4.69) is 11.4 Å². The highest BCUT2D eigenvalue weighted by Gasteiger charge is 2.15. The number of rotatable bonds is 4. The number of aromatic nitrogens is 1. The summed E-state index contributed by atoms with van der Waals surface area (Å²) in [5.41, 5.74) is 0.508. The Morgan fingerprint density at radius 1 is 1.73 bits per heavy atom. The first-order chi connectivity index (χ1) is 7.20. The van der Waals surface area contributed by atoms with Gasteiger partial charge in [-0.3, -0.25) is 4.79 Å². The Hall–Kier alpha value is -1.76. The Bertz CT molecular complexity index is 375. The zero-order valence-corrected chi connectivity index (χ0v) is 9.03. The van der Waals surface area contributed by atoms with Crippen molar-refractivity contribution < 1.29 is 4.79 Å². The molecule has 0 saturated carbocycles. The van der Waals surface area contributed by atoms with Crippen LogP contribution < -0.4 is 5.32 Å². The highest BCUT2D eigenvalue weighted by molar-refractivity contribution is 5.80. The van der Waals surface area contributed by atoms with E-state index in [-0.39, 0.29) is 11.9 Å². The second-order valence-electron chi connectivity index (χ2n) is 3.38. The summed E-state index contributed by atoms with van der Waals surface area (Å²) in [5.74, 6) is -0.0513. The van der Waals surface area contributed by atoms with Crippen LogP contribution in [0.3, 0.4) is 0 Å². The number of amides is 1. The summed E-state index contributed by atoms with van der Waals surface area (Å²) in [5, 5.41) is 11.6. The van der Waals surface area contributed by atoms with E-state index < -0.39 is 0 Å². The molecule has 0 aliphatic rings. The molecule has 4 heteroatoms. The van der Waals surface area contributed by atoms with Crippen molar-refractivity contribution in [3.8, 4) is 6.07 Å². The standard InChI is InChI=1S/C11H15N3O/c1-3-6-13-11(15)9(2)14-7-4-5-10(14)8-12/h4-5,7,9H,3,6H2,1-2H3,(H,13,15). The van der Waals surface area contributed by atoms with Crippen LogP contribution in [0.4, 0.5) is 0 Å². The highest BCUT2D eigenvalue weighted by Crippen LogP contribution is 2.10. The van der Waals surface area contributed by atoms with E-state index in [1.807, 2.05) is 6.92 Å². The second-order valence-corrected chi connectivity index (χ2v) is 3.38. The minimum atomic E-state index is -0.332. The second kappa shape index (κ2) is 5.20. The Morgan fingerprint density at radius 3 is 3.07 bits per heavy atom. The van der Waals surface area contributed by atoms with Crippen LogP contribution in [0, 0.1) is 11.3 Å². The molecule has 15 heavy (non-hydrogen) atoms. The molecular formula is C11H15N3O. The zero-order chi connectivity index (χ0) is 11.3. The average Bonchev–Trinajstić information content (AvgIpc) is 2.72. The topological polar surface area (TPSA) is 57.8 Å². The molecule has 0 saturated heterocycles. The van der Waals surface area contributed by atoms with E-state index in [1.165, 1.54) is 0 Å². The normalized spacial score (nSPS) is 11.8. The lowest BCUT2D eigenvalue weighted by Crippen LogP contribution is -2.31. The summed E-state index contributed by atoms with van der Waals surface area (Å²) in [7, 11) is 0. The van der Waals surface area contributed by atoms with Crippen molar-refractivity contribution in [2.45, 2.75) is 26.3 Å². The van der Waals surface area contributed by atoms with Crippen LogP contribution in [-0.4, -0.2) is 17.0 Å². The van der Waals surface area contributed by atoms with Gasteiger partial charge in [0, 0.05) is 12.7 Å². The average molecular weight is 205 g/mol. The summed E-state index contributed by atoms with van der Waals surface area (Å²) >= 11 is 0. The summed E-state index contributed by atoms with van der Waals surface area (Å²) in [6, 6.07) is 5.18. The number of carbonyl (C=O) groups is 1. The highest BCUT2D eigenvalue weighted by atomic mass is 16.2. The van der Waals surface area contributed by atoms with Crippen molar-refractivity contribution >= 4 is 5.91 Å². The van der Waals surface area contributed by atoms with Gasteiger partial charge in [-0.1, -0.05) is 6.92 Å². The molecule has 0 bridgehead atoms. The Morgan fingerprint density at radius 2 is 2.47 bits per heavy atom. The van der Waals surface area contributed by atoms with E-state index in [1.54, 1.807) is 29.8 Å². The van der Waals surface area contributed by atoms with Crippen LogP contribution in [0.2, 0.25) is 0 Å². The molecule has 1 aromatic rings. The molecule has 1 N–H and O–H groups in total. The van der Waals surface area contributed by atoms with E-state index in [9.17, 15) is 4.79 Å². The molecule has 0 aliphatic carbocycles. The molecule has 0 fully saturated rings. The Kier molecular flexibility index (Phi) is 3.92. The molecule has 1 aromatic heterocycles. The lowest BCUT2D eigenvalue weighted by Gasteiger charge is -2.14. The maximum absolute atomic E-state index is 11.6. The van der Waals surface area contributed by atoms with Crippen molar-refractivity contribution in [1.29, 1.82) is 5.26 Å². The fourth-order valence-electron chi connectivity index (χ4n) is 1.35. The van der Waals surface area contributed by atoms with Crippen LogP contribution >= 0.6 is 0 Å². The molecule has 1 atom stereocenters. The van der Waals surface area contributed by atoms with Gasteiger partial charge in [0.15, 0.2) is 0 Å². The van der Waals surface area contributed by atoms with Gasteiger partial charge < -0.3 is 9.88 Å². The van der Waals surface area contributed by atoms with Gasteiger partial charge in [-0.25, -0.2) is 0 Å². The molecule has 4 nitrogen and oxygen atoms in total. The van der Waals surface area contributed by atoms with Gasteiger partial charge in [0.2, 0.25) is 5.91 Å². The predicted octanol–water partition coefficient (Wildman–Crippen LogP) is 1.45. The zero-order valence-electron chi connectivity index (χ0n) is 9.03. The summed E-state index contributed by atoms with van der Waals surface area (Å²) in [6.45, 7) is 4.46. The molecule has 1 unspecified atom stereocenters.